The summed E-state index contributed by atoms with van der Waals surface area (Å²) < 4.78 is 18.5. The zero-order valence-corrected chi connectivity index (χ0v) is 19.9. The van der Waals surface area contributed by atoms with Crippen LogP contribution in [0.5, 0.6) is 5.75 Å². The molecule has 4 rings (SSSR count). The predicted molar refractivity (Wildman–Crippen MR) is 126 cm³/mol. The minimum Gasteiger partial charge on any atom is -0.489 e. The van der Waals surface area contributed by atoms with Gasteiger partial charge in [-0.15, -0.1) is 0 Å². The van der Waals surface area contributed by atoms with Crippen molar-refractivity contribution in [3.8, 4) is 11.4 Å². The Balaban J connectivity index is 1.48. The van der Waals surface area contributed by atoms with E-state index < -0.39 is 23.7 Å². The largest absolute Gasteiger partial charge is 0.489 e. The molecule has 0 fully saturated rings. The van der Waals surface area contributed by atoms with E-state index in [1.807, 2.05) is 53.2 Å². The maximum atomic E-state index is 12.7. The van der Waals surface area contributed by atoms with Gasteiger partial charge in [0.25, 0.3) is 0 Å². The molecule has 178 valence electrons. The number of carbonyl (C=O) groups is 2. The zero-order chi connectivity index (χ0) is 24.3. The van der Waals surface area contributed by atoms with Gasteiger partial charge in [0.15, 0.2) is 6.04 Å². The summed E-state index contributed by atoms with van der Waals surface area (Å²) in [5, 5.41) is 0. The van der Waals surface area contributed by atoms with Crippen LogP contribution >= 0.6 is 0 Å². The molecule has 0 saturated heterocycles. The monoisotopic (exact) mass is 463 g/mol. The lowest BCUT2D eigenvalue weighted by Gasteiger charge is -2.36. The molecule has 1 aliphatic rings. The first kappa shape index (κ1) is 23.4. The third-order valence-corrected chi connectivity index (χ3v) is 5.54. The van der Waals surface area contributed by atoms with Crippen molar-refractivity contribution < 1.29 is 23.8 Å². The molecule has 1 aliphatic heterocycles. The van der Waals surface area contributed by atoms with Crippen molar-refractivity contribution >= 4 is 12.1 Å². The highest BCUT2D eigenvalue weighted by atomic mass is 16.6. The zero-order valence-electron chi connectivity index (χ0n) is 19.9. The van der Waals surface area contributed by atoms with E-state index in [0.717, 1.165) is 22.4 Å². The highest BCUT2D eigenvalue weighted by Crippen LogP contribution is 2.34. The number of carbonyl (C=O) groups excluding carboxylic acids is 2. The SMILES string of the molecule is COC(=O)[C@H]1c2ccc(OCc3ccc(-n4ccnc4)cc3)cc2CCN1C(=O)OC(C)(C)C. The van der Waals surface area contributed by atoms with E-state index in [-0.39, 0.29) is 0 Å². The number of benzene rings is 2. The average molecular weight is 464 g/mol. The molecule has 8 nitrogen and oxygen atoms in total. The van der Waals surface area contributed by atoms with Gasteiger partial charge in [-0.3, -0.25) is 4.90 Å². The summed E-state index contributed by atoms with van der Waals surface area (Å²) in [6.07, 6.45) is 5.44. The number of esters is 1. The second-order valence-corrected chi connectivity index (χ2v) is 9.14. The summed E-state index contributed by atoms with van der Waals surface area (Å²) in [6, 6.07) is 12.8. The Morgan fingerprint density at radius 2 is 1.88 bits per heavy atom. The van der Waals surface area contributed by atoms with E-state index in [4.69, 9.17) is 14.2 Å². The summed E-state index contributed by atoms with van der Waals surface area (Å²) in [5.74, 6) is 0.199. The third kappa shape index (κ3) is 5.22. The summed E-state index contributed by atoms with van der Waals surface area (Å²) in [5.41, 5.74) is 3.07. The molecule has 0 aliphatic carbocycles. The van der Waals surface area contributed by atoms with E-state index in [1.54, 1.807) is 33.3 Å². The van der Waals surface area contributed by atoms with Crippen molar-refractivity contribution in [2.45, 2.75) is 45.4 Å². The average Bonchev–Trinajstić information content (AvgIpc) is 3.35. The molecule has 0 saturated carbocycles. The molecule has 0 N–H and O–H groups in total. The lowest BCUT2D eigenvalue weighted by atomic mass is 9.92. The number of fused-ring (bicyclic) bond motifs is 1. The van der Waals surface area contributed by atoms with Gasteiger partial charge in [0.05, 0.1) is 13.4 Å². The van der Waals surface area contributed by atoms with Crippen LogP contribution in [-0.4, -0.2) is 45.8 Å². The summed E-state index contributed by atoms with van der Waals surface area (Å²) in [4.78, 5) is 30.9. The van der Waals surface area contributed by atoms with Crippen LogP contribution in [0, 0.1) is 0 Å². The molecule has 8 heteroatoms. The van der Waals surface area contributed by atoms with Gasteiger partial charge in [-0.2, -0.15) is 0 Å². The van der Waals surface area contributed by atoms with E-state index in [1.165, 1.54) is 12.0 Å². The molecule has 2 heterocycles. The molecule has 0 spiro atoms. The maximum Gasteiger partial charge on any atom is 0.411 e. The van der Waals surface area contributed by atoms with Crippen molar-refractivity contribution in [2.24, 2.45) is 0 Å². The van der Waals surface area contributed by atoms with Crippen molar-refractivity contribution in [1.29, 1.82) is 0 Å². The summed E-state index contributed by atoms with van der Waals surface area (Å²) in [6.45, 7) is 6.15. The first-order valence-electron chi connectivity index (χ1n) is 11.2. The number of methoxy groups -OCH3 is 1. The minimum atomic E-state index is -0.853. The van der Waals surface area contributed by atoms with Crippen LogP contribution in [0.2, 0.25) is 0 Å². The number of ether oxygens (including phenoxy) is 3. The summed E-state index contributed by atoms with van der Waals surface area (Å²) >= 11 is 0. The van der Waals surface area contributed by atoms with Gasteiger partial charge < -0.3 is 18.8 Å². The predicted octanol–water partition coefficient (Wildman–Crippen LogP) is 4.46. The number of hydrogen-bond acceptors (Lipinski definition) is 6. The van der Waals surface area contributed by atoms with Gasteiger partial charge in [0, 0.05) is 24.6 Å². The number of nitrogens with zero attached hydrogens (tertiary/aromatic N) is 3. The number of hydrogen-bond donors (Lipinski definition) is 0. The first-order chi connectivity index (χ1) is 16.2. The highest BCUT2D eigenvalue weighted by molar-refractivity contribution is 5.84. The van der Waals surface area contributed by atoms with Crippen LogP contribution in [0.1, 0.15) is 43.5 Å². The second-order valence-electron chi connectivity index (χ2n) is 9.14. The highest BCUT2D eigenvalue weighted by Gasteiger charge is 2.39. The van der Waals surface area contributed by atoms with Gasteiger partial charge in [0.2, 0.25) is 0 Å². The fraction of sp³-hybridized carbons (Fsp3) is 0.346. The van der Waals surface area contributed by atoms with Crippen molar-refractivity contribution in [3.63, 3.8) is 0 Å². The normalized spacial score (nSPS) is 15.4. The topological polar surface area (TPSA) is 82.9 Å². The standard InChI is InChI=1S/C26H29N3O5/c1-26(2,3)34-25(31)29-13-11-19-15-21(9-10-22(19)23(29)24(30)32-4)33-16-18-5-7-20(8-6-18)28-14-12-27-17-28/h5-10,12,14-15,17,23H,11,13,16H2,1-4H3/t23-/m1/s1. The number of rotatable bonds is 5. The second kappa shape index (κ2) is 9.59. The molecule has 1 amide bonds. The van der Waals surface area contributed by atoms with E-state index in [0.29, 0.717) is 25.3 Å². The lowest BCUT2D eigenvalue weighted by Crippen LogP contribution is -2.46. The molecular weight excluding hydrogens is 434 g/mol. The Hall–Kier alpha value is -3.81. The Morgan fingerprint density at radius 3 is 2.53 bits per heavy atom. The van der Waals surface area contributed by atoms with E-state index in [9.17, 15) is 9.59 Å². The molecule has 3 aromatic rings. The Bertz CT molecular complexity index is 1150. The summed E-state index contributed by atoms with van der Waals surface area (Å²) in [7, 11) is 1.32. The number of aromatic nitrogens is 2. The molecule has 0 unspecified atom stereocenters. The van der Waals surface area contributed by atoms with Crippen LogP contribution in [-0.2, 0) is 27.3 Å². The fourth-order valence-corrected chi connectivity index (χ4v) is 3.92. The Morgan fingerprint density at radius 1 is 1.12 bits per heavy atom. The molecule has 0 bridgehead atoms. The smallest absolute Gasteiger partial charge is 0.411 e. The Kier molecular flexibility index (Phi) is 6.58. The van der Waals surface area contributed by atoms with Crippen LogP contribution in [0.3, 0.4) is 0 Å². The van der Waals surface area contributed by atoms with Crippen molar-refractivity contribution in [1.82, 2.24) is 14.5 Å². The third-order valence-electron chi connectivity index (χ3n) is 5.54. The van der Waals surface area contributed by atoms with Crippen LogP contribution in [0.25, 0.3) is 5.69 Å². The molecule has 1 aromatic heterocycles. The number of amides is 1. The van der Waals surface area contributed by atoms with Gasteiger partial charge in [-0.05, 0) is 68.1 Å². The number of imidazole rings is 1. The van der Waals surface area contributed by atoms with E-state index in [2.05, 4.69) is 4.98 Å². The van der Waals surface area contributed by atoms with Crippen molar-refractivity contribution in [2.75, 3.05) is 13.7 Å². The quantitative estimate of drug-likeness (QED) is 0.520. The van der Waals surface area contributed by atoms with Crippen molar-refractivity contribution in [3.05, 3.63) is 77.9 Å². The maximum absolute atomic E-state index is 12.7. The van der Waals surface area contributed by atoms with Gasteiger partial charge in [-0.25, -0.2) is 14.6 Å². The van der Waals surface area contributed by atoms with Crippen LogP contribution < -0.4 is 4.74 Å². The van der Waals surface area contributed by atoms with Gasteiger partial charge in [-0.1, -0.05) is 18.2 Å². The minimum absolute atomic E-state index is 0.348. The molecule has 34 heavy (non-hydrogen) atoms. The molecule has 2 aromatic carbocycles. The molecular formula is C26H29N3O5. The Labute approximate surface area is 199 Å². The lowest BCUT2D eigenvalue weighted by molar-refractivity contribution is -0.147. The van der Waals surface area contributed by atoms with Crippen LogP contribution in [0.15, 0.2) is 61.2 Å². The molecule has 1 atom stereocenters. The fourth-order valence-electron chi connectivity index (χ4n) is 3.92. The van der Waals surface area contributed by atoms with Crippen LogP contribution in [0.4, 0.5) is 4.79 Å². The van der Waals surface area contributed by atoms with Gasteiger partial charge >= 0.3 is 12.1 Å². The van der Waals surface area contributed by atoms with Gasteiger partial charge in [0.1, 0.15) is 18.0 Å². The van der Waals surface area contributed by atoms with E-state index >= 15 is 0 Å². The molecule has 0 radical (unpaired) electrons. The first-order valence-corrected chi connectivity index (χ1v) is 11.2.